The lowest BCUT2D eigenvalue weighted by atomic mass is 10.2. The number of nitrogens with zero attached hydrogens (tertiary/aromatic N) is 2. The molecule has 0 aliphatic carbocycles. The highest BCUT2D eigenvalue weighted by Gasteiger charge is 2.30. The molecular formula is C17H15F3N2OS. The van der Waals surface area contributed by atoms with Crippen LogP contribution in [0.15, 0.2) is 48.5 Å². The van der Waals surface area contributed by atoms with Gasteiger partial charge in [-0.05, 0) is 36.9 Å². The average molecular weight is 352 g/mol. The summed E-state index contributed by atoms with van der Waals surface area (Å²) in [7, 11) is 1.95. The van der Waals surface area contributed by atoms with Crippen LogP contribution in [0.25, 0.3) is 10.2 Å². The van der Waals surface area contributed by atoms with Crippen LogP contribution in [0.3, 0.4) is 0 Å². The van der Waals surface area contributed by atoms with Crippen molar-refractivity contribution in [3.63, 3.8) is 0 Å². The third kappa shape index (κ3) is 4.46. The summed E-state index contributed by atoms with van der Waals surface area (Å²) in [5.41, 5.74) is 1.90. The molecule has 0 amide bonds. The summed E-state index contributed by atoms with van der Waals surface area (Å²) >= 11 is 1.65. The Kier molecular flexibility index (Phi) is 4.73. The Hall–Kier alpha value is -2.12. The van der Waals surface area contributed by atoms with Gasteiger partial charge < -0.3 is 4.74 Å². The molecule has 3 rings (SSSR count). The van der Waals surface area contributed by atoms with Gasteiger partial charge in [-0.3, -0.25) is 4.90 Å². The minimum Gasteiger partial charge on any atom is -0.406 e. The number of fused-ring (bicyclic) bond motifs is 1. The molecule has 0 atom stereocenters. The van der Waals surface area contributed by atoms with Crippen molar-refractivity contribution in [3.05, 3.63) is 59.1 Å². The van der Waals surface area contributed by atoms with Gasteiger partial charge in [0, 0.05) is 6.54 Å². The molecule has 0 saturated carbocycles. The predicted octanol–water partition coefficient (Wildman–Crippen LogP) is 4.83. The number of halogens is 3. The molecule has 0 bridgehead atoms. The number of rotatable bonds is 5. The smallest absolute Gasteiger partial charge is 0.406 e. The summed E-state index contributed by atoms with van der Waals surface area (Å²) in [5.74, 6) is -0.208. The van der Waals surface area contributed by atoms with E-state index in [1.807, 2.05) is 31.3 Å². The van der Waals surface area contributed by atoms with Gasteiger partial charge in [0.2, 0.25) is 0 Å². The van der Waals surface area contributed by atoms with E-state index in [1.54, 1.807) is 23.5 Å². The van der Waals surface area contributed by atoms with Crippen LogP contribution in [0.1, 0.15) is 10.6 Å². The molecule has 1 aromatic heterocycles. The van der Waals surface area contributed by atoms with E-state index in [9.17, 15) is 13.2 Å². The van der Waals surface area contributed by atoms with Crippen molar-refractivity contribution in [2.45, 2.75) is 19.5 Å². The summed E-state index contributed by atoms with van der Waals surface area (Å²) in [6.07, 6.45) is -4.66. The Labute approximate surface area is 141 Å². The summed E-state index contributed by atoms with van der Waals surface area (Å²) in [5, 5.41) is 1.01. The molecule has 7 heteroatoms. The van der Waals surface area contributed by atoms with Gasteiger partial charge in [-0.15, -0.1) is 24.5 Å². The van der Waals surface area contributed by atoms with Crippen LogP contribution in [-0.4, -0.2) is 23.3 Å². The van der Waals surface area contributed by atoms with Crippen molar-refractivity contribution in [1.29, 1.82) is 0 Å². The molecule has 0 saturated heterocycles. The lowest BCUT2D eigenvalue weighted by Crippen LogP contribution is -2.18. The van der Waals surface area contributed by atoms with E-state index < -0.39 is 6.36 Å². The Morgan fingerprint density at radius 1 is 1.04 bits per heavy atom. The second kappa shape index (κ2) is 6.78. The van der Waals surface area contributed by atoms with E-state index in [1.165, 1.54) is 12.1 Å². The Bertz CT molecular complexity index is 782. The highest BCUT2D eigenvalue weighted by Crippen LogP contribution is 2.24. The fourth-order valence-corrected chi connectivity index (χ4v) is 3.43. The molecule has 0 fully saturated rings. The lowest BCUT2D eigenvalue weighted by Gasteiger charge is -2.15. The molecule has 0 aliphatic heterocycles. The zero-order chi connectivity index (χ0) is 17.2. The second-order valence-electron chi connectivity index (χ2n) is 5.44. The summed E-state index contributed by atoms with van der Waals surface area (Å²) < 4.78 is 41.5. The van der Waals surface area contributed by atoms with Crippen molar-refractivity contribution >= 4 is 21.6 Å². The van der Waals surface area contributed by atoms with Gasteiger partial charge in [-0.2, -0.15) is 0 Å². The molecule has 3 nitrogen and oxygen atoms in total. The Morgan fingerprint density at radius 2 is 1.75 bits per heavy atom. The van der Waals surface area contributed by atoms with Crippen LogP contribution in [0.5, 0.6) is 5.75 Å². The van der Waals surface area contributed by atoms with Gasteiger partial charge in [0.05, 0.1) is 16.8 Å². The number of ether oxygens (including phenoxy) is 1. The SMILES string of the molecule is CN(Cc1ccc(OC(F)(F)F)cc1)Cc1nc2ccccc2s1. The number of aromatic nitrogens is 1. The second-order valence-corrected chi connectivity index (χ2v) is 6.55. The zero-order valence-electron chi connectivity index (χ0n) is 12.9. The fourth-order valence-electron chi connectivity index (χ4n) is 2.38. The first kappa shape index (κ1) is 16.7. The summed E-state index contributed by atoms with van der Waals surface area (Å²) in [4.78, 5) is 6.65. The number of hydrogen-bond donors (Lipinski definition) is 0. The van der Waals surface area contributed by atoms with Crippen molar-refractivity contribution in [1.82, 2.24) is 9.88 Å². The van der Waals surface area contributed by atoms with Crippen molar-refractivity contribution in [2.75, 3.05) is 7.05 Å². The predicted molar refractivity (Wildman–Crippen MR) is 87.9 cm³/mol. The standard InChI is InChI=1S/C17H15F3N2OS/c1-22(11-16-21-14-4-2-3-5-15(14)24-16)10-12-6-8-13(9-7-12)23-17(18,19)20/h2-9H,10-11H2,1H3. The van der Waals surface area contributed by atoms with Gasteiger partial charge in [-0.1, -0.05) is 24.3 Å². The van der Waals surface area contributed by atoms with Crippen LogP contribution in [0.2, 0.25) is 0 Å². The molecule has 0 aliphatic rings. The number of para-hydroxylation sites is 1. The summed E-state index contributed by atoms with van der Waals surface area (Å²) in [6.45, 7) is 1.29. The summed E-state index contributed by atoms with van der Waals surface area (Å²) in [6, 6.07) is 13.9. The van der Waals surface area contributed by atoms with Crippen LogP contribution < -0.4 is 4.74 Å². The normalized spacial score (nSPS) is 12.0. The van der Waals surface area contributed by atoms with E-state index in [4.69, 9.17) is 0 Å². The lowest BCUT2D eigenvalue weighted by molar-refractivity contribution is -0.274. The highest BCUT2D eigenvalue weighted by molar-refractivity contribution is 7.18. The number of benzene rings is 2. The molecular weight excluding hydrogens is 337 g/mol. The Morgan fingerprint density at radius 3 is 2.42 bits per heavy atom. The van der Waals surface area contributed by atoms with Crippen molar-refractivity contribution in [3.8, 4) is 5.75 Å². The van der Waals surface area contributed by atoms with E-state index in [2.05, 4.69) is 14.6 Å². The monoisotopic (exact) mass is 352 g/mol. The minimum atomic E-state index is -4.66. The molecule has 24 heavy (non-hydrogen) atoms. The largest absolute Gasteiger partial charge is 0.573 e. The molecule has 0 N–H and O–H groups in total. The maximum absolute atomic E-state index is 12.1. The van der Waals surface area contributed by atoms with Gasteiger partial charge >= 0.3 is 6.36 Å². The van der Waals surface area contributed by atoms with Crippen molar-refractivity contribution in [2.24, 2.45) is 0 Å². The van der Waals surface area contributed by atoms with Gasteiger partial charge in [-0.25, -0.2) is 4.98 Å². The van der Waals surface area contributed by atoms with Crippen molar-refractivity contribution < 1.29 is 17.9 Å². The van der Waals surface area contributed by atoms with E-state index in [-0.39, 0.29) is 5.75 Å². The molecule has 3 aromatic rings. The molecule has 0 spiro atoms. The number of hydrogen-bond acceptors (Lipinski definition) is 4. The molecule has 0 unspecified atom stereocenters. The molecule has 126 valence electrons. The quantitative estimate of drug-likeness (QED) is 0.658. The van der Waals surface area contributed by atoms with Crippen LogP contribution >= 0.6 is 11.3 Å². The highest BCUT2D eigenvalue weighted by atomic mass is 32.1. The maximum Gasteiger partial charge on any atom is 0.573 e. The number of alkyl halides is 3. The third-order valence-corrected chi connectivity index (χ3v) is 4.37. The topological polar surface area (TPSA) is 25.4 Å². The molecule has 1 heterocycles. The first-order valence-electron chi connectivity index (χ1n) is 7.27. The average Bonchev–Trinajstić information content (AvgIpc) is 2.89. The number of thiazole rings is 1. The molecule has 2 aromatic carbocycles. The van der Waals surface area contributed by atoms with Gasteiger partial charge in [0.25, 0.3) is 0 Å². The fraction of sp³-hybridized carbons (Fsp3) is 0.235. The zero-order valence-corrected chi connectivity index (χ0v) is 13.7. The third-order valence-electron chi connectivity index (χ3n) is 3.35. The van der Waals surface area contributed by atoms with Gasteiger partial charge in [0.1, 0.15) is 10.8 Å². The van der Waals surface area contributed by atoms with Crippen LogP contribution in [0.4, 0.5) is 13.2 Å². The Balaban J connectivity index is 1.61. The van der Waals surface area contributed by atoms with Gasteiger partial charge in [0.15, 0.2) is 0 Å². The van der Waals surface area contributed by atoms with Crippen LogP contribution in [0, 0.1) is 0 Å². The van der Waals surface area contributed by atoms with E-state index in [0.29, 0.717) is 13.1 Å². The minimum absolute atomic E-state index is 0.208. The first-order valence-corrected chi connectivity index (χ1v) is 8.08. The van der Waals surface area contributed by atoms with E-state index >= 15 is 0 Å². The molecule has 0 radical (unpaired) electrons. The maximum atomic E-state index is 12.1. The first-order chi connectivity index (χ1) is 11.4. The van der Waals surface area contributed by atoms with Crippen LogP contribution in [-0.2, 0) is 13.1 Å². The van der Waals surface area contributed by atoms with E-state index in [0.717, 1.165) is 20.8 Å².